The van der Waals surface area contributed by atoms with E-state index in [2.05, 4.69) is 15.6 Å². The molecule has 0 saturated carbocycles. The molecule has 0 unspecified atom stereocenters. The van der Waals surface area contributed by atoms with Crippen molar-refractivity contribution in [3.8, 4) is 11.5 Å². The Morgan fingerprint density at radius 2 is 1.67 bits per heavy atom. The van der Waals surface area contributed by atoms with Gasteiger partial charge in [-0.2, -0.15) is 0 Å². The molecule has 0 aliphatic carbocycles. The fourth-order valence-corrected chi connectivity index (χ4v) is 2.24. The number of nitrogens with zero attached hydrogens (tertiary/aromatic N) is 1. The van der Waals surface area contributed by atoms with Gasteiger partial charge < -0.3 is 20.1 Å². The molecule has 0 aromatic heterocycles. The molecule has 0 heterocycles. The van der Waals surface area contributed by atoms with Gasteiger partial charge in [0.05, 0.1) is 7.11 Å². The second-order valence-electron chi connectivity index (χ2n) is 5.48. The Labute approximate surface area is 175 Å². The number of hydrogen-bond acceptors (Lipinski definition) is 3. The normalized spacial score (nSPS) is 10.9. The van der Waals surface area contributed by atoms with Gasteiger partial charge in [0.2, 0.25) is 0 Å². The lowest BCUT2D eigenvalue weighted by molar-refractivity contribution is 0.0818. The molecule has 0 aliphatic heterocycles. The van der Waals surface area contributed by atoms with Crippen LogP contribution >= 0.6 is 24.0 Å². The van der Waals surface area contributed by atoms with Crippen molar-refractivity contribution in [1.82, 2.24) is 10.6 Å². The molecule has 0 spiro atoms. The molecule has 27 heavy (non-hydrogen) atoms. The van der Waals surface area contributed by atoms with Crippen LogP contribution in [-0.4, -0.2) is 33.1 Å². The zero-order valence-electron chi connectivity index (χ0n) is 15.2. The Balaban J connectivity index is 0.00000364. The van der Waals surface area contributed by atoms with Crippen LogP contribution in [0.4, 0.5) is 8.78 Å². The number of guanidine groups is 1. The first kappa shape index (κ1) is 22.9. The number of alkyl halides is 2. The molecule has 0 radical (unpaired) electrons. The highest BCUT2D eigenvalue weighted by atomic mass is 127. The molecule has 148 valence electrons. The van der Waals surface area contributed by atoms with E-state index in [0.717, 1.165) is 16.9 Å². The van der Waals surface area contributed by atoms with Gasteiger partial charge in [0.1, 0.15) is 18.1 Å². The molecule has 0 atom stereocenters. The molecule has 2 rings (SSSR count). The fraction of sp³-hybridized carbons (Fsp3) is 0.316. The topological polar surface area (TPSA) is 54.9 Å². The van der Waals surface area contributed by atoms with Gasteiger partial charge in [-0.1, -0.05) is 24.3 Å². The van der Waals surface area contributed by atoms with Crippen LogP contribution in [0, 0.1) is 0 Å². The van der Waals surface area contributed by atoms with Gasteiger partial charge in [0.15, 0.2) is 5.96 Å². The fourth-order valence-electron chi connectivity index (χ4n) is 2.24. The van der Waals surface area contributed by atoms with Crippen molar-refractivity contribution in [2.45, 2.75) is 19.5 Å². The first-order valence-corrected chi connectivity index (χ1v) is 8.18. The maximum absolute atomic E-state index is 12.2. The highest BCUT2D eigenvalue weighted by Crippen LogP contribution is 2.14. The van der Waals surface area contributed by atoms with Crippen LogP contribution < -0.4 is 20.1 Å². The molecule has 2 aromatic rings. The summed E-state index contributed by atoms with van der Waals surface area (Å²) < 4.78 is 34.6. The quantitative estimate of drug-likeness (QED) is 0.335. The lowest BCUT2D eigenvalue weighted by Crippen LogP contribution is -2.36. The van der Waals surface area contributed by atoms with E-state index < -0.39 is 13.0 Å². The summed E-state index contributed by atoms with van der Waals surface area (Å²) in [4.78, 5) is 4.17. The molecule has 2 N–H and O–H groups in total. The summed E-state index contributed by atoms with van der Waals surface area (Å²) in [6.07, 6.45) is -2.49. The average molecular weight is 491 g/mol. The van der Waals surface area contributed by atoms with Gasteiger partial charge in [0.25, 0.3) is 6.43 Å². The summed E-state index contributed by atoms with van der Waals surface area (Å²) in [6.45, 7) is 0.497. The molecule has 0 saturated heterocycles. The van der Waals surface area contributed by atoms with E-state index in [1.807, 2.05) is 30.3 Å². The van der Waals surface area contributed by atoms with Crippen LogP contribution in [0.2, 0.25) is 0 Å². The smallest absolute Gasteiger partial charge is 0.272 e. The van der Waals surface area contributed by atoms with Crippen molar-refractivity contribution >= 4 is 29.9 Å². The highest BCUT2D eigenvalue weighted by Gasteiger charge is 2.05. The summed E-state index contributed by atoms with van der Waals surface area (Å²) in [5, 5.41) is 6.40. The maximum atomic E-state index is 12.2. The predicted octanol–water partition coefficient (Wildman–Crippen LogP) is 3.82. The van der Waals surface area contributed by atoms with Crippen molar-refractivity contribution in [1.29, 1.82) is 0 Å². The number of benzene rings is 2. The van der Waals surface area contributed by atoms with Crippen molar-refractivity contribution < 1.29 is 18.3 Å². The SMILES string of the molecule is CN=C(NCc1ccc(OC)cc1)NCc1cccc(OCC(F)F)c1.I. The molecule has 0 amide bonds. The predicted molar refractivity (Wildman–Crippen MR) is 113 cm³/mol. The van der Waals surface area contributed by atoms with Crippen molar-refractivity contribution in [2.75, 3.05) is 20.8 Å². The van der Waals surface area contributed by atoms with Crippen molar-refractivity contribution in [2.24, 2.45) is 4.99 Å². The Kier molecular flexibility index (Phi) is 10.5. The van der Waals surface area contributed by atoms with E-state index in [1.165, 1.54) is 0 Å². The van der Waals surface area contributed by atoms with E-state index >= 15 is 0 Å². The minimum atomic E-state index is -2.49. The molecular formula is C19H24F2IN3O2. The Hall–Kier alpha value is -2.10. The molecule has 2 aromatic carbocycles. The molecule has 5 nitrogen and oxygen atoms in total. The third kappa shape index (κ3) is 8.42. The zero-order valence-corrected chi connectivity index (χ0v) is 17.6. The lowest BCUT2D eigenvalue weighted by atomic mass is 10.2. The Morgan fingerprint density at radius 3 is 2.26 bits per heavy atom. The Bertz CT molecular complexity index is 712. The van der Waals surface area contributed by atoms with E-state index in [-0.39, 0.29) is 24.0 Å². The molecule has 0 aliphatic rings. The maximum Gasteiger partial charge on any atom is 0.272 e. The third-order valence-electron chi connectivity index (χ3n) is 3.58. The number of ether oxygens (including phenoxy) is 2. The summed E-state index contributed by atoms with van der Waals surface area (Å²) in [5.74, 6) is 1.87. The lowest BCUT2D eigenvalue weighted by Gasteiger charge is -2.13. The second-order valence-corrected chi connectivity index (χ2v) is 5.48. The third-order valence-corrected chi connectivity index (χ3v) is 3.58. The number of aliphatic imine (C=N–C) groups is 1. The van der Waals surface area contributed by atoms with Gasteiger partial charge in [-0.05, 0) is 35.4 Å². The summed E-state index contributed by atoms with van der Waals surface area (Å²) in [6, 6.07) is 14.8. The molecular weight excluding hydrogens is 467 g/mol. The second kappa shape index (κ2) is 12.3. The van der Waals surface area contributed by atoms with E-state index in [0.29, 0.717) is 24.8 Å². The standard InChI is InChI=1S/C19H23F2N3O2.HI/c1-22-19(23-11-14-6-8-16(25-2)9-7-14)24-12-15-4-3-5-17(10-15)26-13-18(20)21;/h3-10,18H,11-13H2,1-2H3,(H2,22,23,24);1H. The van der Waals surface area contributed by atoms with Crippen LogP contribution in [0.5, 0.6) is 11.5 Å². The van der Waals surface area contributed by atoms with E-state index in [4.69, 9.17) is 9.47 Å². The Morgan fingerprint density at radius 1 is 1.00 bits per heavy atom. The van der Waals surface area contributed by atoms with Crippen LogP contribution in [0.15, 0.2) is 53.5 Å². The van der Waals surface area contributed by atoms with Gasteiger partial charge in [-0.3, -0.25) is 4.99 Å². The van der Waals surface area contributed by atoms with Crippen LogP contribution in [-0.2, 0) is 13.1 Å². The average Bonchev–Trinajstić information content (AvgIpc) is 2.67. The number of methoxy groups -OCH3 is 1. The zero-order chi connectivity index (χ0) is 18.8. The number of nitrogens with one attached hydrogen (secondary N) is 2. The minimum absolute atomic E-state index is 0. The number of halogens is 3. The van der Waals surface area contributed by atoms with Crippen molar-refractivity contribution in [3.05, 3.63) is 59.7 Å². The van der Waals surface area contributed by atoms with Gasteiger partial charge in [-0.25, -0.2) is 8.78 Å². The summed E-state index contributed by atoms with van der Waals surface area (Å²) in [5.41, 5.74) is 2.00. The minimum Gasteiger partial charge on any atom is -0.497 e. The highest BCUT2D eigenvalue weighted by molar-refractivity contribution is 14.0. The van der Waals surface area contributed by atoms with Crippen molar-refractivity contribution in [3.63, 3.8) is 0 Å². The summed E-state index contributed by atoms with van der Waals surface area (Å²) >= 11 is 0. The van der Waals surface area contributed by atoms with Gasteiger partial charge in [0, 0.05) is 20.1 Å². The number of rotatable bonds is 8. The van der Waals surface area contributed by atoms with Gasteiger partial charge >= 0.3 is 0 Å². The van der Waals surface area contributed by atoms with Gasteiger partial charge in [-0.15, -0.1) is 24.0 Å². The first-order valence-electron chi connectivity index (χ1n) is 8.18. The molecule has 0 fully saturated rings. The molecule has 0 bridgehead atoms. The van der Waals surface area contributed by atoms with E-state index in [1.54, 1.807) is 32.4 Å². The van der Waals surface area contributed by atoms with Crippen LogP contribution in [0.1, 0.15) is 11.1 Å². The largest absolute Gasteiger partial charge is 0.497 e. The monoisotopic (exact) mass is 491 g/mol. The van der Waals surface area contributed by atoms with Crippen LogP contribution in [0.25, 0.3) is 0 Å². The molecule has 8 heteroatoms. The van der Waals surface area contributed by atoms with E-state index in [9.17, 15) is 8.78 Å². The first-order chi connectivity index (χ1) is 12.6. The number of hydrogen-bond donors (Lipinski definition) is 2. The summed E-state index contributed by atoms with van der Waals surface area (Å²) in [7, 11) is 3.32. The van der Waals surface area contributed by atoms with Crippen LogP contribution in [0.3, 0.4) is 0 Å².